The standard InChI is InChI=1S/3C10H15B.6C2H6.5CH4/c1-4-9-5-7-10(8-6-9)11(2)3;1-4-9-6-5-7-10(8-9)11(2)3;1-4-9-7-5-6-8-10(9)11(2)3;6*1-2;;;;;/h3*5-8H,4H2,1-3H3;6*1-2H3;5*1H4. The first kappa shape index (κ1) is 77.3. The Labute approximate surface area is 326 Å². The van der Waals surface area contributed by atoms with Gasteiger partial charge in [-0.3, -0.25) is 0 Å². The van der Waals surface area contributed by atoms with E-state index >= 15 is 0 Å². The van der Waals surface area contributed by atoms with E-state index in [-0.39, 0.29) is 37.1 Å². The van der Waals surface area contributed by atoms with Crippen LogP contribution in [0.1, 0.15) is 158 Å². The van der Waals surface area contributed by atoms with Gasteiger partial charge in [0.1, 0.15) is 0 Å². The van der Waals surface area contributed by atoms with E-state index in [0.29, 0.717) is 20.1 Å². The fourth-order valence-electron chi connectivity index (χ4n) is 3.73. The summed E-state index contributed by atoms with van der Waals surface area (Å²) in [5, 5.41) is 0. The summed E-state index contributed by atoms with van der Waals surface area (Å²) < 4.78 is 0. The number of rotatable bonds is 6. The highest BCUT2D eigenvalue weighted by atomic mass is 13.9. The first-order valence-corrected chi connectivity index (χ1v) is 19.0. The van der Waals surface area contributed by atoms with E-state index < -0.39 is 0 Å². The van der Waals surface area contributed by atoms with Gasteiger partial charge in [0, 0.05) is 0 Å². The molecular weight excluding hydrogens is 597 g/mol. The second-order valence-corrected chi connectivity index (χ2v) is 9.71. The van der Waals surface area contributed by atoms with E-state index in [1.54, 1.807) is 0 Å². The van der Waals surface area contributed by atoms with E-state index in [9.17, 15) is 0 Å². The summed E-state index contributed by atoms with van der Waals surface area (Å²) in [5.74, 6) is 0. The van der Waals surface area contributed by atoms with Crippen molar-refractivity contribution >= 4 is 36.5 Å². The average molecular weight is 699 g/mol. The zero-order valence-electron chi connectivity index (χ0n) is 34.8. The molecule has 0 aliphatic heterocycles. The molecular formula is C47H101B3. The fourth-order valence-corrected chi connectivity index (χ4v) is 3.73. The molecule has 0 atom stereocenters. The maximum atomic E-state index is 2.30. The Morgan fingerprint density at radius 1 is 0.360 bits per heavy atom. The second kappa shape index (κ2) is 62.0. The Hall–Kier alpha value is -2.15. The molecule has 0 N–H and O–H groups in total. The molecule has 3 rings (SSSR count). The first-order chi connectivity index (χ1) is 21.7. The lowest BCUT2D eigenvalue weighted by atomic mass is 9.48. The van der Waals surface area contributed by atoms with Crippen molar-refractivity contribution in [3.63, 3.8) is 0 Å². The smallest absolute Gasteiger partial charge is 0.0819 e. The summed E-state index contributed by atoms with van der Waals surface area (Å²) in [7, 11) is 0. The highest BCUT2D eigenvalue weighted by Crippen LogP contribution is 2.00. The van der Waals surface area contributed by atoms with Crippen LogP contribution in [0.2, 0.25) is 40.9 Å². The van der Waals surface area contributed by atoms with E-state index in [4.69, 9.17) is 0 Å². The number of aryl methyl sites for hydroxylation is 3. The SMILES string of the molecule is C.C.C.C.C.CC.CC.CC.CC.CC.CC.CCc1ccc(B(C)C)cc1.CCc1cccc(B(C)C)c1.CCc1ccccc1B(C)C. The minimum Gasteiger partial charge on any atom is -0.0819 e. The maximum Gasteiger partial charge on any atom is 0.169 e. The molecule has 0 saturated heterocycles. The Morgan fingerprint density at radius 2 is 0.740 bits per heavy atom. The Kier molecular flexibility index (Phi) is 95.9. The van der Waals surface area contributed by atoms with Crippen LogP contribution in [0.25, 0.3) is 0 Å². The Balaban J connectivity index is -0.0000000421. The van der Waals surface area contributed by atoms with E-state index in [1.165, 1.54) is 33.1 Å². The van der Waals surface area contributed by atoms with Gasteiger partial charge in [-0.05, 0) is 30.4 Å². The molecule has 3 heteroatoms. The summed E-state index contributed by atoms with van der Waals surface area (Å²) >= 11 is 0. The summed E-state index contributed by atoms with van der Waals surface area (Å²) in [6.07, 6.45) is 3.42. The van der Waals surface area contributed by atoms with Crippen molar-refractivity contribution in [2.75, 3.05) is 0 Å². The molecule has 0 spiro atoms. The van der Waals surface area contributed by atoms with Crippen molar-refractivity contribution < 1.29 is 0 Å². The van der Waals surface area contributed by atoms with Gasteiger partial charge in [0.15, 0.2) is 20.1 Å². The van der Waals surface area contributed by atoms with Gasteiger partial charge in [-0.1, -0.05) is 277 Å². The van der Waals surface area contributed by atoms with E-state index in [2.05, 4.69) is 135 Å². The molecule has 0 amide bonds. The monoisotopic (exact) mass is 699 g/mol. The lowest BCUT2D eigenvalue weighted by molar-refractivity contribution is 1.14. The van der Waals surface area contributed by atoms with Crippen LogP contribution in [-0.2, 0) is 19.3 Å². The zero-order chi connectivity index (χ0) is 36.8. The normalized spacial score (nSPS) is 7.14. The van der Waals surface area contributed by atoms with Crippen molar-refractivity contribution in [3.8, 4) is 0 Å². The molecule has 0 aliphatic carbocycles. The number of hydrogen-bond donors (Lipinski definition) is 0. The van der Waals surface area contributed by atoms with Gasteiger partial charge in [0.2, 0.25) is 0 Å². The van der Waals surface area contributed by atoms with Gasteiger partial charge < -0.3 is 0 Å². The van der Waals surface area contributed by atoms with E-state index in [1.807, 2.05) is 83.1 Å². The van der Waals surface area contributed by atoms with Gasteiger partial charge >= 0.3 is 0 Å². The minimum atomic E-state index is 0. The molecule has 0 fully saturated rings. The average Bonchev–Trinajstić information content (AvgIpc) is 3.13. The van der Waals surface area contributed by atoms with E-state index in [0.717, 1.165) is 19.3 Å². The van der Waals surface area contributed by atoms with Crippen LogP contribution < -0.4 is 16.4 Å². The fraction of sp³-hybridized carbons (Fsp3) is 0.617. The summed E-state index contributed by atoms with van der Waals surface area (Å²) in [4.78, 5) is 0. The molecule has 0 heterocycles. The first-order valence-electron chi connectivity index (χ1n) is 19.0. The summed E-state index contributed by atoms with van der Waals surface area (Å²) in [6.45, 7) is 46.0. The highest BCUT2D eigenvalue weighted by Gasteiger charge is 2.05. The summed E-state index contributed by atoms with van der Waals surface area (Å²) in [5.41, 5.74) is 8.73. The quantitative estimate of drug-likeness (QED) is 0.225. The van der Waals surface area contributed by atoms with Gasteiger partial charge in [0.25, 0.3) is 0 Å². The van der Waals surface area contributed by atoms with Crippen molar-refractivity contribution in [2.45, 2.75) is 201 Å². The predicted molar refractivity (Wildman–Crippen MR) is 261 cm³/mol. The molecule has 0 unspecified atom stereocenters. The van der Waals surface area contributed by atoms with Crippen LogP contribution in [0.4, 0.5) is 0 Å². The molecule has 0 nitrogen and oxygen atoms in total. The molecule has 0 radical (unpaired) electrons. The van der Waals surface area contributed by atoms with Crippen LogP contribution in [0, 0.1) is 0 Å². The van der Waals surface area contributed by atoms with Crippen molar-refractivity contribution in [1.29, 1.82) is 0 Å². The lowest BCUT2D eigenvalue weighted by Crippen LogP contribution is -2.26. The maximum absolute atomic E-state index is 2.30. The molecule has 3 aromatic rings. The van der Waals surface area contributed by atoms with Gasteiger partial charge in [-0.2, -0.15) is 0 Å². The minimum absolute atomic E-state index is 0. The molecule has 0 aromatic heterocycles. The lowest BCUT2D eigenvalue weighted by Gasteiger charge is -2.07. The van der Waals surface area contributed by atoms with Crippen molar-refractivity contribution in [2.24, 2.45) is 0 Å². The molecule has 50 heavy (non-hydrogen) atoms. The number of benzene rings is 3. The van der Waals surface area contributed by atoms with Gasteiger partial charge in [-0.15, -0.1) is 0 Å². The molecule has 0 bridgehead atoms. The van der Waals surface area contributed by atoms with Crippen LogP contribution in [0.3, 0.4) is 0 Å². The third kappa shape index (κ3) is 42.0. The highest BCUT2D eigenvalue weighted by molar-refractivity contribution is 6.71. The van der Waals surface area contributed by atoms with Gasteiger partial charge in [-0.25, -0.2) is 0 Å². The Morgan fingerprint density at radius 3 is 1.04 bits per heavy atom. The topological polar surface area (TPSA) is 0 Å². The second-order valence-electron chi connectivity index (χ2n) is 9.71. The van der Waals surface area contributed by atoms with Crippen LogP contribution >= 0.6 is 0 Å². The van der Waals surface area contributed by atoms with Crippen LogP contribution in [-0.4, -0.2) is 20.1 Å². The van der Waals surface area contributed by atoms with Crippen molar-refractivity contribution in [1.82, 2.24) is 0 Å². The van der Waals surface area contributed by atoms with Crippen LogP contribution in [0.5, 0.6) is 0 Å². The van der Waals surface area contributed by atoms with Crippen molar-refractivity contribution in [3.05, 3.63) is 89.5 Å². The zero-order valence-corrected chi connectivity index (χ0v) is 34.8. The molecule has 0 saturated carbocycles. The Bertz CT molecular complexity index is 914. The molecule has 298 valence electrons. The number of hydrogen-bond acceptors (Lipinski definition) is 0. The van der Waals surface area contributed by atoms with Crippen LogP contribution in [0.15, 0.2) is 72.8 Å². The molecule has 0 aliphatic rings. The third-order valence-electron chi connectivity index (χ3n) is 6.14. The predicted octanol–water partition coefficient (Wildman–Crippen LogP) is 16.0. The van der Waals surface area contributed by atoms with Gasteiger partial charge in [0.05, 0.1) is 0 Å². The summed E-state index contributed by atoms with van der Waals surface area (Å²) in [6, 6.07) is 26.4. The largest absolute Gasteiger partial charge is 0.169 e. The third-order valence-corrected chi connectivity index (χ3v) is 6.14. The molecule has 3 aromatic carbocycles.